The fourth-order valence-electron chi connectivity index (χ4n) is 4.25. The second kappa shape index (κ2) is 9.71. The van der Waals surface area contributed by atoms with E-state index in [1.165, 1.54) is 6.33 Å². The fourth-order valence-corrected chi connectivity index (χ4v) is 6.93. The highest BCUT2D eigenvalue weighted by Crippen LogP contribution is 2.30. The number of fused-ring (bicyclic) bond motifs is 1. The van der Waals surface area contributed by atoms with Crippen molar-refractivity contribution in [3.05, 3.63) is 17.8 Å². The first-order valence-corrected chi connectivity index (χ1v) is 13.9. The molecule has 0 spiro atoms. The Morgan fingerprint density at radius 1 is 1.12 bits per heavy atom. The Bertz CT molecular complexity index is 1070. The van der Waals surface area contributed by atoms with Gasteiger partial charge in [0.1, 0.15) is 22.7 Å². The number of thiophene rings is 1. The number of rotatable bonds is 5. The third kappa shape index (κ3) is 6.13. The van der Waals surface area contributed by atoms with E-state index < -0.39 is 15.6 Å². The number of nitrogens with zero attached hydrogens (tertiary/aromatic N) is 4. The summed E-state index contributed by atoms with van der Waals surface area (Å²) in [6.45, 7) is 7.48. The molecule has 9 nitrogen and oxygen atoms in total. The highest BCUT2D eigenvalue weighted by atomic mass is 32.2. The van der Waals surface area contributed by atoms with Gasteiger partial charge in [-0.15, -0.1) is 11.3 Å². The Morgan fingerprint density at radius 3 is 2.48 bits per heavy atom. The van der Waals surface area contributed by atoms with Crippen LogP contribution in [-0.4, -0.2) is 77.3 Å². The molecule has 2 fully saturated rings. The van der Waals surface area contributed by atoms with Crippen molar-refractivity contribution in [3.63, 3.8) is 0 Å². The summed E-state index contributed by atoms with van der Waals surface area (Å²) in [5.74, 6) is 0.756. The van der Waals surface area contributed by atoms with Crippen molar-refractivity contribution >= 4 is 37.7 Å². The molecule has 0 radical (unpaired) electrons. The number of carbonyl (C=O) groups excluding carboxylic acids is 1. The average Bonchev–Trinajstić information content (AvgIpc) is 3.23. The largest absolute Gasteiger partial charge is 0.473 e. The predicted molar refractivity (Wildman–Crippen MR) is 127 cm³/mol. The number of aromatic nitrogens is 2. The molecule has 0 N–H and O–H groups in total. The standard InChI is InChI=1S/C22H32N4O5S2/c1-22(2,3)31-21(27)25-9-4-16(5-10-25)14-33(28,29)26-11-6-17(7-12-26)30-20-19-18(8-13-32-19)23-15-24-20/h8,13,15-17H,4-7,9-12,14H2,1-3H3. The van der Waals surface area contributed by atoms with Gasteiger partial charge in [-0.3, -0.25) is 0 Å². The van der Waals surface area contributed by atoms with Gasteiger partial charge in [0.25, 0.3) is 0 Å². The van der Waals surface area contributed by atoms with Crippen molar-refractivity contribution in [3.8, 4) is 5.88 Å². The molecule has 0 atom stereocenters. The Morgan fingerprint density at radius 2 is 1.82 bits per heavy atom. The number of amides is 1. The molecule has 0 unspecified atom stereocenters. The third-order valence-corrected chi connectivity index (χ3v) is 8.93. The second-order valence-electron chi connectivity index (χ2n) is 9.72. The third-order valence-electron chi connectivity index (χ3n) is 6.00. The number of sulfonamides is 1. The molecular formula is C22H32N4O5S2. The lowest BCUT2D eigenvalue weighted by molar-refractivity contribution is 0.0190. The molecule has 1 amide bonds. The Balaban J connectivity index is 1.25. The van der Waals surface area contributed by atoms with E-state index in [0.29, 0.717) is 57.7 Å². The van der Waals surface area contributed by atoms with Gasteiger partial charge in [0.15, 0.2) is 0 Å². The highest BCUT2D eigenvalue weighted by molar-refractivity contribution is 7.89. The number of hydrogen-bond acceptors (Lipinski definition) is 8. The lowest BCUT2D eigenvalue weighted by Gasteiger charge is -2.35. The highest BCUT2D eigenvalue weighted by Gasteiger charge is 2.34. The summed E-state index contributed by atoms with van der Waals surface area (Å²) < 4.78 is 40.1. The van der Waals surface area contributed by atoms with Crippen LogP contribution < -0.4 is 4.74 Å². The minimum Gasteiger partial charge on any atom is -0.473 e. The van der Waals surface area contributed by atoms with Crippen molar-refractivity contribution in [1.29, 1.82) is 0 Å². The molecule has 2 aliphatic rings. The maximum absolute atomic E-state index is 13.0. The normalized spacial score (nSPS) is 19.7. The van der Waals surface area contributed by atoms with Crippen molar-refractivity contribution in [2.45, 2.75) is 58.2 Å². The number of hydrogen-bond donors (Lipinski definition) is 0. The summed E-state index contributed by atoms with van der Waals surface area (Å²) in [6.07, 6.45) is 3.71. The monoisotopic (exact) mass is 496 g/mol. The summed E-state index contributed by atoms with van der Waals surface area (Å²) in [6, 6.07) is 1.93. The van der Waals surface area contributed by atoms with E-state index in [-0.39, 0.29) is 23.9 Å². The van der Waals surface area contributed by atoms with Crippen LogP contribution in [0.3, 0.4) is 0 Å². The Hall–Kier alpha value is -1.98. The second-order valence-corrected chi connectivity index (χ2v) is 12.6. The van der Waals surface area contributed by atoms with E-state index in [4.69, 9.17) is 9.47 Å². The van der Waals surface area contributed by atoms with Gasteiger partial charge in [-0.05, 0) is 63.8 Å². The summed E-state index contributed by atoms with van der Waals surface area (Å²) in [4.78, 5) is 22.4. The van der Waals surface area contributed by atoms with Gasteiger partial charge in [-0.1, -0.05) is 0 Å². The van der Waals surface area contributed by atoms with Crippen LogP contribution in [0.4, 0.5) is 4.79 Å². The molecule has 4 rings (SSSR count). The van der Waals surface area contributed by atoms with Crippen LogP contribution in [-0.2, 0) is 14.8 Å². The molecule has 182 valence electrons. The first kappa shape index (κ1) is 24.2. The van der Waals surface area contributed by atoms with Crippen LogP contribution >= 0.6 is 11.3 Å². The zero-order chi connectivity index (χ0) is 23.6. The predicted octanol–water partition coefficient (Wildman–Crippen LogP) is 3.51. The van der Waals surface area contributed by atoms with Crippen LogP contribution in [0.1, 0.15) is 46.5 Å². The summed E-state index contributed by atoms with van der Waals surface area (Å²) in [5.41, 5.74) is 0.332. The molecule has 0 aliphatic carbocycles. The molecular weight excluding hydrogens is 464 g/mol. The van der Waals surface area contributed by atoms with Gasteiger partial charge >= 0.3 is 6.09 Å². The number of piperidine rings is 2. The quantitative estimate of drug-likeness (QED) is 0.624. The molecule has 2 saturated heterocycles. The van der Waals surface area contributed by atoms with Crippen LogP contribution in [0.15, 0.2) is 17.8 Å². The Labute approximate surface area is 199 Å². The molecule has 0 bridgehead atoms. The number of ether oxygens (including phenoxy) is 2. The molecule has 2 aromatic heterocycles. The van der Waals surface area contributed by atoms with Gasteiger partial charge in [-0.25, -0.2) is 27.5 Å². The zero-order valence-electron chi connectivity index (χ0n) is 19.4. The number of carbonyl (C=O) groups is 1. The summed E-state index contributed by atoms with van der Waals surface area (Å²) in [5, 5.41) is 1.96. The van der Waals surface area contributed by atoms with Crippen LogP contribution in [0.2, 0.25) is 0 Å². The first-order valence-electron chi connectivity index (χ1n) is 11.4. The van der Waals surface area contributed by atoms with Gasteiger partial charge in [0.2, 0.25) is 15.9 Å². The molecule has 2 aromatic rings. The first-order chi connectivity index (χ1) is 15.6. The molecule has 4 heterocycles. The summed E-state index contributed by atoms with van der Waals surface area (Å²) >= 11 is 1.54. The van der Waals surface area contributed by atoms with E-state index in [1.54, 1.807) is 20.5 Å². The van der Waals surface area contributed by atoms with Crippen molar-refractivity contribution in [2.75, 3.05) is 31.9 Å². The van der Waals surface area contributed by atoms with Gasteiger partial charge in [0, 0.05) is 26.2 Å². The lowest BCUT2D eigenvalue weighted by Crippen LogP contribution is -2.46. The molecule has 0 aromatic carbocycles. The lowest BCUT2D eigenvalue weighted by atomic mass is 9.99. The van der Waals surface area contributed by atoms with E-state index >= 15 is 0 Å². The van der Waals surface area contributed by atoms with E-state index in [2.05, 4.69) is 9.97 Å². The maximum Gasteiger partial charge on any atom is 0.410 e. The van der Waals surface area contributed by atoms with Crippen LogP contribution in [0.5, 0.6) is 5.88 Å². The SMILES string of the molecule is CC(C)(C)OC(=O)N1CCC(CS(=O)(=O)N2CCC(Oc3ncnc4ccsc34)CC2)CC1. The van der Waals surface area contributed by atoms with E-state index in [0.717, 1.165) is 10.2 Å². The molecule has 2 aliphatic heterocycles. The topological polar surface area (TPSA) is 102 Å². The molecule has 33 heavy (non-hydrogen) atoms. The van der Waals surface area contributed by atoms with Crippen molar-refractivity contribution in [1.82, 2.24) is 19.2 Å². The van der Waals surface area contributed by atoms with Gasteiger partial charge < -0.3 is 14.4 Å². The van der Waals surface area contributed by atoms with Crippen LogP contribution in [0, 0.1) is 5.92 Å². The zero-order valence-corrected chi connectivity index (χ0v) is 21.0. The fraction of sp³-hybridized carbons (Fsp3) is 0.682. The molecule has 11 heteroatoms. The van der Waals surface area contributed by atoms with E-state index in [9.17, 15) is 13.2 Å². The summed E-state index contributed by atoms with van der Waals surface area (Å²) in [7, 11) is -3.35. The average molecular weight is 497 g/mol. The maximum atomic E-state index is 13.0. The van der Waals surface area contributed by atoms with Gasteiger partial charge in [-0.2, -0.15) is 0 Å². The minimum absolute atomic E-state index is 0.0517. The minimum atomic E-state index is -3.35. The van der Waals surface area contributed by atoms with Crippen molar-refractivity contribution < 1.29 is 22.7 Å². The smallest absolute Gasteiger partial charge is 0.410 e. The van der Waals surface area contributed by atoms with Gasteiger partial charge in [0.05, 0.1) is 11.3 Å². The van der Waals surface area contributed by atoms with Crippen molar-refractivity contribution in [2.24, 2.45) is 5.92 Å². The number of likely N-dealkylation sites (tertiary alicyclic amines) is 1. The Kier molecular flexibility index (Phi) is 7.11. The molecule has 0 saturated carbocycles. The van der Waals surface area contributed by atoms with Crippen LogP contribution in [0.25, 0.3) is 10.2 Å². The van der Waals surface area contributed by atoms with E-state index in [1.807, 2.05) is 32.2 Å².